The van der Waals surface area contributed by atoms with Crippen molar-refractivity contribution in [2.24, 2.45) is 5.92 Å². The third kappa shape index (κ3) is 9.29. The van der Waals surface area contributed by atoms with Gasteiger partial charge in [0.15, 0.2) is 11.6 Å². The number of carbonyl (C=O) groups excluding carboxylic acids is 4. The molecule has 0 spiro atoms. The fraction of sp³-hybridized carbons (Fsp3) is 0.355. The van der Waals surface area contributed by atoms with E-state index < -0.39 is 29.3 Å². The molecule has 0 bridgehead atoms. The third-order valence-corrected chi connectivity index (χ3v) is 6.81. The molecule has 0 saturated heterocycles. The molecule has 0 aromatic heterocycles. The number of aliphatic hydroxyl groups excluding tert-OH is 2. The molecular formula is C31H36N2O7. The molecule has 0 aromatic carbocycles. The van der Waals surface area contributed by atoms with E-state index in [1.54, 1.807) is 12.2 Å². The van der Waals surface area contributed by atoms with Crippen LogP contribution < -0.4 is 10.6 Å². The van der Waals surface area contributed by atoms with Crippen LogP contribution in [-0.4, -0.2) is 50.4 Å². The molecule has 3 aliphatic rings. The van der Waals surface area contributed by atoms with Crippen LogP contribution >= 0.6 is 0 Å². The monoisotopic (exact) mass is 548 g/mol. The van der Waals surface area contributed by atoms with E-state index in [0.717, 1.165) is 12.2 Å². The van der Waals surface area contributed by atoms with Gasteiger partial charge >= 0.3 is 0 Å². The number of hydrogen-bond donors (Lipinski definition) is 5. The predicted molar refractivity (Wildman–Crippen MR) is 150 cm³/mol. The summed E-state index contributed by atoms with van der Waals surface area (Å²) in [6.07, 6.45) is 24.6. The van der Waals surface area contributed by atoms with Crippen LogP contribution in [0.4, 0.5) is 0 Å². The van der Waals surface area contributed by atoms with Crippen molar-refractivity contribution in [3.05, 3.63) is 96.1 Å². The van der Waals surface area contributed by atoms with E-state index in [2.05, 4.69) is 16.7 Å². The van der Waals surface area contributed by atoms with Crippen LogP contribution in [0.5, 0.6) is 0 Å². The summed E-state index contributed by atoms with van der Waals surface area (Å²) in [6.45, 7) is 0. The summed E-state index contributed by atoms with van der Waals surface area (Å²) in [4.78, 5) is 48.1. The first-order chi connectivity index (χ1) is 19.2. The Morgan fingerprint density at radius 2 is 1.45 bits per heavy atom. The quantitative estimate of drug-likeness (QED) is 0.208. The lowest BCUT2D eigenvalue weighted by molar-refractivity contribution is -0.124. The van der Waals surface area contributed by atoms with Crippen LogP contribution in [0, 0.1) is 5.92 Å². The summed E-state index contributed by atoms with van der Waals surface area (Å²) in [6, 6.07) is 0. The van der Waals surface area contributed by atoms with Gasteiger partial charge in [0.2, 0.25) is 11.8 Å². The van der Waals surface area contributed by atoms with Crippen LogP contribution in [0.2, 0.25) is 0 Å². The Bertz CT molecular complexity index is 1230. The minimum Gasteiger partial charge on any atom is -0.510 e. The summed E-state index contributed by atoms with van der Waals surface area (Å²) in [5, 5.41) is 35.5. The molecule has 5 N–H and O–H groups in total. The molecule has 1 saturated carbocycles. The number of Topliss-reactive ketones (excluding diaryl/α,β-unsaturated/α-hetero) is 2. The normalized spacial score (nSPS) is 25.1. The molecule has 3 aliphatic carbocycles. The maximum Gasteiger partial charge on any atom is 0.248 e. The van der Waals surface area contributed by atoms with Gasteiger partial charge in [-0.2, -0.15) is 0 Å². The Morgan fingerprint density at radius 1 is 0.825 bits per heavy atom. The van der Waals surface area contributed by atoms with E-state index in [1.807, 2.05) is 12.2 Å². The number of allylic oxidation sites excluding steroid dienone is 12. The summed E-state index contributed by atoms with van der Waals surface area (Å²) in [5.41, 5.74) is -2.11. The van der Waals surface area contributed by atoms with Crippen molar-refractivity contribution in [2.45, 2.75) is 63.1 Å². The van der Waals surface area contributed by atoms with Crippen molar-refractivity contribution >= 4 is 23.4 Å². The van der Waals surface area contributed by atoms with Crippen molar-refractivity contribution in [2.75, 3.05) is 0 Å². The number of rotatable bonds is 10. The highest BCUT2D eigenvalue weighted by molar-refractivity contribution is 6.03. The van der Waals surface area contributed by atoms with E-state index in [0.29, 0.717) is 5.92 Å². The van der Waals surface area contributed by atoms with Crippen molar-refractivity contribution in [3.8, 4) is 0 Å². The van der Waals surface area contributed by atoms with E-state index in [1.165, 1.54) is 68.6 Å². The Kier molecular flexibility index (Phi) is 11.4. The highest BCUT2D eigenvalue weighted by atomic mass is 16.3. The van der Waals surface area contributed by atoms with Gasteiger partial charge in [0, 0.05) is 31.4 Å². The zero-order chi connectivity index (χ0) is 29.0. The summed E-state index contributed by atoms with van der Waals surface area (Å²) in [5.74, 6) is -1.50. The summed E-state index contributed by atoms with van der Waals surface area (Å²) < 4.78 is 0. The van der Waals surface area contributed by atoms with Gasteiger partial charge < -0.3 is 26.0 Å². The lowest BCUT2D eigenvalue weighted by atomic mass is 9.85. The number of carbonyl (C=O) groups is 4. The van der Waals surface area contributed by atoms with Gasteiger partial charge in [0.25, 0.3) is 0 Å². The highest BCUT2D eigenvalue weighted by Gasteiger charge is 2.38. The number of nitrogens with one attached hydrogen (secondary N) is 2. The molecule has 3 rings (SSSR count). The summed E-state index contributed by atoms with van der Waals surface area (Å²) >= 11 is 0. The van der Waals surface area contributed by atoms with Crippen LogP contribution in [0.1, 0.15) is 51.4 Å². The Balaban J connectivity index is 1.51. The number of aliphatic hydroxyl groups is 3. The second-order valence-corrected chi connectivity index (χ2v) is 9.94. The molecule has 9 nitrogen and oxygen atoms in total. The van der Waals surface area contributed by atoms with Crippen LogP contribution in [0.3, 0.4) is 0 Å². The average molecular weight is 549 g/mol. The third-order valence-electron chi connectivity index (χ3n) is 6.81. The first-order valence-electron chi connectivity index (χ1n) is 13.5. The van der Waals surface area contributed by atoms with Crippen molar-refractivity contribution in [1.29, 1.82) is 0 Å². The zero-order valence-corrected chi connectivity index (χ0v) is 22.3. The molecule has 0 aromatic rings. The fourth-order valence-corrected chi connectivity index (χ4v) is 4.55. The van der Waals surface area contributed by atoms with Crippen LogP contribution in [0.15, 0.2) is 96.1 Å². The van der Waals surface area contributed by atoms with Crippen LogP contribution in [-0.2, 0) is 19.2 Å². The number of amides is 2. The molecule has 2 unspecified atom stereocenters. The van der Waals surface area contributed by atoms with Crippen molar-refractivity contribution in [1.82, 2.24) is 10.6 Å². The van der Waals surface area contributed by atoms with Gasteiger partial charge in [-0.1, -0.05) is 73.9 Å². The predicted octanol–water partition coefficient (Wildman–Crippen LogP) is 3.22. The lowest BCUT2D eigenvalue weighted by Crippen LogP contribution is -2.46. The van der Waals surface area contributed by atoms with Gasteiger partial charge in [-0.05, 0) is 30.9 Å². The molecule has 2 amide bonds. The standard InChI is InChI=1S/C31H36N2O7/c34-24-17-18-25(35)30(24)33-29(39)16-10-3-4-11-19-31(40)21-23(26(36)20-27(31)37)32-28(38)15-9-2-1-6-12-22-13-7-5-8-14-22/h1-4,6,9-12,15-16,19,21-22,27,34,37,40H,5,7-8,13-14,17-18,20H2,(H,32,38)(H,33,39). The maximum atomic E-state index is 12.3. The van der Waals surface area contributed by atoms with Gasteiger partial charge in [0.1, 0.15) is 17.1 Å². The molecule has 212 valence electrons. The molecular weight excluding hydrogens is 512 g/mol. The van der Waals surface area contributed by atoms with Gasteiger partial charge in [-0.15, -0.1) is 0 Å². The molecule has 9 heteroatoms. The number of hydrogen-bond acceptors (Lipinski definition) is 7. The van der Waals surface area contributed by atoms with Crippen molar-refractivity contribution < 1.29 is 34.5 Å². The smallest absolute Gasteiger partial charge is 0.248 e. The average Bonchev–Trinajstić information content (AvgIpc) is 3.24. The van der Waals surface area contributed by atoms with E-state index in [9.17, 15) is 34.5 Å². The van der Waals surface area contributed by atoms with Crippen molar-refractivity contribution in [3.63, 3.8) is 0 Å². The molecule has 2 atom stereocenters. The maximum absolute atomic E-state index is 12.3. The number of ketones is 2. The SMILES string of the molecule is O=C(C=CC=CC=CC1CCCCC1)NC1=CC(O)(C=CC=CC=CC(=O)NC2=C(O)CCC2=O)C(O)CC1=O. The zero-order valence-electron chi connectivity index (χ0n) is 22.3. The van der Waals surface area contributed by atoms with Gasteiger partial charge in [0.05, 0.1) is 11.8 Å². The van der Waals surface area contributed by atoms with E-state index in [4.69, 9.17) is 0 Å². The first kappa shape index (κ1) is 30.5. The Labute approximate surface area is 233 Å². The second kappa shape index (κ2) is 14.9. The Hall–Kier alpha value is -4.08. The van der Waals surface area contributed by atoms with Gasteiger partial charge in [-0.3, -0.25) is 19.2 Å². The minimum absolute atomic E-state index is 0.0924. The van der Waals surface area contributed by atoms with E-state index >= 15 is 0 Å². The molecule has 0 heterocycles. The Morgan fingerprint density at radius 3 is 2.10 bits per heavy atom. The highest BCUT2D eigenvalue weighted by Crippen LogP contribution is 2.26. The summed E-state index contributed by atoms with van der Waals surface area (Å²) in [7, 11) is 0. The first-order valence-corrected chi connectivity index (χ1v) is 13.5. The lowest BCUT2D eigenvalue weighted by Gasteiger charge is -2.31. The molecule has 0 aliphatic heterocycles. The second-order valence-electron chi connectivity index (χ2n) is 9.94. The largest absolute Gasteiger partial charge is 0.510 e. The molecule has 0 radical (unpaired) electrons. The van der Waals surface area contributed by atoms with Gasteiger partial charge in [-0.25, -0.2) is 0 Å². The minimum atomic E-state index is -1.90. The molecule has 40 heavy (non-hydrogen) atoms. The fourth-order valence-electron chi connectivity index (χ4n) is 4.55. The van der Waals surface area contributed by atoms with E-state index in [-0.39, 0.29) is 42.2 Å². The molecule has 1 fully saturated rings. The van der Waals surface area contributed by atoms with Crippen LogP contribution in [0.25, 0.3) is 0 Å². The topological polar surface area (TPSA) is 153 Å².